The number of hydrogen-bond donors (Lipinski definition) is 1. The van der Waals surface area contributed by atoms with E-state index in [-0.39, 0.29) is 11.9 Å². The first-order valence-electron chi connectivity index (χ1n) is 8.21. The molecule has 1 amide bonds. The fourth-order valence-corrected chi connectivity index (χ4v) is 3.53. The Kier molecular flexibility index (Phi) is 3.63. The van der Waals surface area contributed by atoms with Gasteiger partial charge in [-0.05, 0) is 49.1 Å². The number of rotatable bonds is 3. The van der Waals surface area contributed by atoms with Crippen LogP contribution in [-0.4, -0.2) is 27.0 Å². The first-order chi connectivity index (χ1) is 12.0. The lowest BCUT2D eigenvalue weighted by atomic mass is 9.99. The van der Waals surface area contributed by atoms with Crippen LogP contribution < -0.4 is 10.6 Å². The molecule has 0 saturated carbocycles. The zero-order valence-electron chi connectivity index (χ0n) is 13.8. The molecule has 1 aromatic carbocycles. The Morgan fingerprint density at radius 1 is 1.36 bits per heavy atom. The van der Waals surface area contributed by atoms with Crippen molar-refractivity contribution in [1.82, 2.24) is 14.6 Å². The molecule has 1 saturated heterocycles. The minimum absolute atomic E-state index is 0.0607. The third-order valence-electron chi connectivity index (χ3n) is 4.77. The Bertz CT molecular complexity index is 967. The molecule has 7 heteroatoms. The molecule has 1 aliphatic heterocycles. The Hall–Kier alpha value is -2.96. The first-order valence-corrected chi connectivity index (χ1v) is 8.21. The molecule has 3 aromatic rings. The summed E-state index contributed by atoms with van der Waals surface area (Å²) in [6, 6.07) is 6.81. The highest BCUT2D eigenvalue weighted by Crippen LogP contribution is 2.37. The number of primary amides is 1. The standard InChI is InChI=1S/C18H18FN5O/c1-11-4-5-12(19)9-13(11)15-3-2-7-23(15)16-6-8-24-18(22-16)14(10-21-24)17(20)25/h4-6,8-10,15H,2-3,7H2,1H3,(H2,20,25)/t15-/m1/s1. The van der Waals surface area contributed by atoms with Crippen LogP contribution in [0.15, 0.2) is 36.7 Å². The van der Waals surface area contributed by atoms with Gasteiger partial charge in [-0.2, -0.15) is 5.10 Å². The van der Waals surface area contributed by atoms with Crippen molar-refractivity contribution >= 4 is 17.4 Å². The monoisotopic (exact) mass is 339 g/mol. The summed E-state index contributed by atoms with van der Waals surface area (Å²) in [5, 5.41) is 4.10. The predicted molar refractivity (Wildman–Crippen MR) is 92.0 cm³/mol. The van der Waals surface area contributed by atoms with Crippen LogP contribution in [0.25, 0.3) is 5.65 Å². The van der Waals surface area contributed by atoms with Gasteiger partial charge in [0.15, 0.2) is 5.65 Å². The summed E-state index contributed by atoms with van der Waals surface area (Å²) in [4.78, 5) is 18.3. The zero-order valence-corrected chi connectivity index (χ0v) is 13.8. The lowest BCUT2D eigenvalue weighted by molar-refractivity contribution is 0.100. The third-order valence-corrected chi connectivity index (χ3v) is 4.77. The van der Waals surface area contributed by atoms with Crippen LogP contribution in [0, 0.1) is 12.7 Å². The largest absolute Gasteiger partial charge is 0.365 e. The highest BCUT2D eigenvalue weighted by molar-refractivity contribution is 5.98. The van der Waals surface area contributed by atoms with Crippen LogP contribution in [0.4, 0.5) is 10.2 Å². The molecule has 3 heterocycles. The average Bonchev–Trinajstić information content (AvgIpc) is 3.22. The van der Waals surface area contributed by atoms with Gasteiger partial charge in [0.2, 0.25) is 0 Å². The van der Waals surface area contributed by atoms with Gasteiger partial charge in [0.25, 0.3) is 5.91 Å². The number of anilines is 1. The van der Waals surface area contributed by atoms with Crippen molar-refractivity contribution in [2.24, 2.45) is 5.73 Å². The molecule has 1 aliphatic rings. The summed E-state index contributed by atoms with van der Waals surface area (Å²) in [5.74, 6) is -0.0528. The molecule has 25 heavy (non-hydrogen) atoms. The fourth-order valence-electron chi connectivity index (χ4n) is 3.53. The fraction of sp³-hybridized carbons (Fsp3) is 0.278. The predicted octanol–water partition coefficient (Wildman–Crippen LogP) is 2.62. The van der Waals surface area contributed by atoms with Crippen LogP contribution in [0.5, 0.6) is 0 Å². The zero-order chi connectivity index (χ0) is 17.6. The number of halogens is 1. The van der Waals surface area contributed by atoms with Gasteiger partial charge in [-0.25, -0.2) is 13.9 Å². The van der Waals surface area contributed by atoms with E-state index in [1.54, 1.807) is 18.3 Å². The Balaban J connectivity index is 1.77. The van der Waals surface area contributed by atoms with Crippen LogP contribution >= 0.6 is 0 Å². The Labute approximate surface area is 144 Å². The molecule has 1 atom stereocenters. The number of carbonyl (C=O) groups is 1. The van der Waals surface area contributed by atoms with Crippen LogP contribution in [0.2, 0.25) is 0 Å². The molecular weight excluding hydrogens is 321 g/mol. The summed E-state index contributed by atoms with van der Waals surface area (Å²) < 4.78 is 15.3. The minimum Gasteiger partial charge on any atom is -0.365 e. The van der Waals surface area contributed by atoms with E-state index >= 15 is 0 Å². The average molecular weight is 339 g/mol. The summed E-state index contributed by atoms with van der Waals surface area (Å²) in [5.41, 5.74) is 8.15. The molecule has 0 unspecified atom stereocenters. The topological polar surface area (TPSA) is 76.5 Å². The molecule has 4 rings (SSSR count). The Morgan fingerprint density at radius 3 is 3.00 bits per heavy atom. The molecule has 0 bridgehead atoms. The number of aryl methyl sites for hydroxylation is 1. The number of carbonyl (C=O) groups excluding carboxylic acids is 1. The van der Waals surface area contributed by atoms with E-state index in [4.69, 9.17) is 5.73 Å². The molecule has 128 valence electrons. The van der Waals surface area contributed by atoms with Crippen molar-refractivity contribution < 1.29 is 9.18 Å². The molecule has 6 nitrogen and oxygen atoms in total. The molecule has 2 aromatic heterocycles. The molecular formula is C18H18FN5O. The lowest BCUT2D eigenvalue weighted by Crippen LogP contribution is -2.24. The molecule has 0 radical (unpaired) electrons. The normalized spacial score (nSPS) is 17.4. The number of hydrogen-bond acceptors (Lipinski definition) is 4. The quantitative estimate of drug-likeness (QED) is 0.796. The lowest BCUT2D eigenvalue weighted by Gasteiger charge is -2.27. The van der Waals surface area contributed by atoms with Crippen molar-refractivity contribution in [3.63, 3.8) is 0 Å². The van der Waals surface area contributed by atoms with Crippen molar-refractivity contribution in [3.8, 4) is 0 Å². The van der Waals surface area contributed by atoms with Gasteiger partial charge in [0, 0.05) is 12.7 Å². The maximum Gasteiger partial charge on any atom is 0.254 e. The SMILES string of the molecule is Cc1ccc(F)cc1[C@H]1CCCN1c1ccn2ncc(C(N)=O)c2n1. The number of nitrogens with two attached hydrogens (primary N) is 1. The number of aromatic nitrogens is 3. The third kappa shape index (κ3) is 2.61. The molecule has 2 N–H and O–H groups in total. The van der Waals surface area contributed by atoms with E-state index in [2.05, 4.69) is 15.0 Å². The summed E-state index contributed by atoms with van der Waals surface area (Å²) in [6.07, 6.45) is 5.11. The van der Waals surface area contributed by atoms with Crippen LogP contribution in [-0.2, 0) is 0 Å². The number of nitrogens with zero attached hydrogens (tertiary/aromatic N) is 4. The maximum absolute atomic E-state index is 13.7. The summed E-state index contributed by atoms with van der Waals surface area (Å²) in [6.45, 7) is 2.81. The molecule has 0 aliphatic carbocycles. The molecule has 1 fully saturated rings. The number of benzene rings is 1. The van der Waals surface area contributed by atoms with Gasteiger partial charge in [-0.15, -0.1) is 0 Å². The van der Waals surface area contributed by atoms with Gasteiger partial charge in [-0.3, -0.25) is 4.79 Å². The molecule has 0 spiro atoms. The van der Waals surface area contributed by atoms with Crippen molar-refractivity contribution in [3.05, 3.63) is 59.2 Å². The summed E-state index contributed by atoms with van der Waals surface area (Å²) >= 11 is 0. The van der Waals surface area contributed by atoms with E-state index in [1.165, 1.54) is 16.8 Å². The second-order valence-corrected chi connectivity index (χ2v) is 6.33. The van der Waals surface area contributed by atoms with E-state index < -0.39 is 5.91 Å². The number of fused-ring (bicyclic) bond motifs is 1. The van der Waals surface area contributed by atoms with Gasteiger partial charge < -0.3 is 10.6 Å². The Morgan fingerprint density at radius 2 is 2.20 bits per heavy atom. The smallest absolute Gasteiger partial charge is 0.254 e. The van der Waals surface area contributed by atoms with Crippen molar-refractivity contribution in [2.75, 3.05) is 11.4 Å². The van der Waals surface area contributed by atoms with Crippen LogP contribution in [0.1, 0.15) is 40.4 Å². The second-order valence-electron chi connectivity index (χ2n) is 6.33. The van der Waals surface area contributed by atoms with E-state index in [1.807, 2.05) is 13.0 Å². The van der Waals surface area contributed by atoms with Gasteiger partial charge in [-0.1, -0.05) is 6.07 Å². The van der Waals surface area contributed by atoms with E-state index in [0.717, 1.165) is 36.3 Å². The van der Waals surface area contributed by atoms with Gasteiger partial charge >= 0.3 is 0 Å². The van der Waals surface area contributed by atoms with Gasteiger partial charge in [0.1, 0.15) is 17.2 Å². The first kappa shape index (κ1) is 15.6. The maximum atomic E-state index is 13.7. The highest BCUT2D eigenvalue weighted by Gasteiger charge is 2.29. The number of amides is 1. The van der Waals surface area contributed by atoms with Gasteiger partial charge in [0.05, 0.1) is 12.2 Å². The van der Waals surface area contributed by atoms with Crippen molar-refractivity contribution in [2.45, 2.75) is 25.8 Å². The van der Waals surface area contributed by atoms with E-state index in [9.17, 15) is 9.18 Å². The second kappa shape index (κ2) is 5.84. The van der Waals surface area contributed by atoms with Crippen LogP contribution in [0.3, 0.4) is 0 Å². The highest BCUT2D eigenvalue weighted by atomic mass is 19.1. The minimum atomic E-state index is -0.557. The summed E-state index contributed by atoms with van der Waals surface area (Å²) in [7, 11) is 0. The van der Waals surface area contributed by atoms with E-state index in [0.29, 0.717) is 11.2 Å². The van der Waals surface area contributed by atoms with Crippen molar-refractivity contribution in [1.29, 1.82) is 0 Å².